The number of hydrogen-bond donors (Lipinski definition) is 0. The van der Waals surface area contributed by atoms with Gasteiger partial charge in [0.05, 0.1) is 5.69 Å². The second-order valence-electron chi connectivity index (χ2n) is 2.87. The zero-order valence-electron chi connectivity index (χ0n) is 7.48. The lowest BCUT2D eigenvalue weighted by molar-refractivity contribution is 0.603. The molecule has 15 heavy (non-hydrogen) atoms. The highest BCUT2D eigenvalue weighted by atomic mass is 35.7. The normalized spacial score (nSPS) is 12.2. The monoisotopic (exact) mass is 265 g/mol. The molecule has 0 saturated carbocycles. The van der Waals surface area contributed by atoms with Crippen molar-refractivity contribution in [1.29, 1.82) is 0 Å². The predicted octanol–water partition coefficient (Wildman–Crippen LogP) is 1.62. The summed E-state index contributed by atoms with van der Waals surface area (Å²) in [4.78, 5) is 4.07. The Bertz CT molecular complexity index is 635. The number of imidazole rings is 1. The van der Waals surface area contributed by atoms with Crippen LogP contribution in [-0.2, 0) is 9.05 Å². The largest absolute Gasteiger partial charge is 0.280 e. The van der Waals surface area contributed by atoms with Gasteiger partial charge >= 0.3 is 0 Å². The van der Waals surface area contributed by atoms with Crippen molar-refractivity contribution in [3.05, 3.63) is 23.0 Å². The molecule has 0 aliphatic rings. The van der Waals surface area contributed by atoms with Crippen LogP contribution in [0.4, 0.5) is 0 Å². The predicted molar refractivity (Wildman–Crippen MR) is 55.8 cm³/mol. The van der Waals surface area contributed by atoms with E-state index in [1.165, 1.54) is 16.6 Å². The van der Waals surface area contributed by atoms with E-state index in [1.807, 2.05) is 0 Å². The summed E-state index contributed by atoms with van der Waals surface area (Å²) >= 11 is 5.86. The molecule has 8 heteroatoms. The van der Waals surface area contributed by atoms with E-state index in [4.69, 9.17) is 22.3 Å². The average molecular weight is 266 g/mol. The maximum Gasteiger partial charge on any atom is 0.280 e. The van der Waals surface area contributed by atoms with Gasteiger partial charge in [0, 0.05) is 10.7 Å². The molecule has 0 atom stereocenters. The molecule has 2 aromatic heterocycles. The quantitative estimate of drug-likeness (QED) is 0.736. The van der Waals surface area contributed by atoms with Gasteiger partial charge < -0.3 is 0 Å². The van der Waals surface area contributed by atoms with Gasteiger partial charge in [-0.05, 0) is 19.1 Å². The van der Waals surface area contributed by atoms with Gasteiger partial charge in [0.2, 0.25) is 0 Å². The molecule has 0 aliphatic heterocycles. The Kier molecular flexibility index (Phi) is 2.37. The second-order valence-corrected chi connectivity index (χ2v) is 5.74. The molecule has 0 bridgehead atoms. The Labute approximate surface area is 95.1 Å². The lowest BCUT2D eigenvalue weighted by Crippen LogP contribution is -2.00. The SMILES string of the molecule is Cc1nc2ccc(S(=O)(=O)Cl)nn2c1Cl. The molecule has 0 saturated heterocycles. The van der Waals surface area contributed by atoms with Gasteiger partial charge in [-0.1, -0.05) is 11.6 Å². The van der Waals surface area contributed by atoms with Crippen molar-refractivity contribution in [2.75, 3.05) is 0 Å². The van der Waals surface area contributed by atoms with Crippen molar-refractivity contribution in [1.82, 2.24) is 14.6 Å². The van der Waals surface area contributed by atoms with Crippen LogP contribution in [-0.4, -0.2) is 23.0 Å². The van der Waals surface area contributed by atoms with Crippen molar-refractivity contribution in [3.63, 3.8) is 0 Å². The number of rotatable bonds is 1. The summed E-state index contributed by atoms with van der Waals surface area (Å²) in [7, 11) is 1.30. The molecule has 5 nitrogen and oxygen atoms in total. The van der Waals surface area contributed by atoms with Crippen LogP contribution < -0.4 is 0 Å². The van der Waals surface area contributed by atoms with E-state index in [2.05, 4.69) is 10.1 Å². The van der Waals surface area contributed by atoms with E-state index in [1.54, 1.807) is 6.92 Å². The van der Waals surface area contributed by atoms with Gasteiger partial charge in [-0.15, -0.1) is 0 Å². The lowest BCUT2D eigenvalue weighted by Gasteiger charge is -1.96. The number of fused-ring (bicyclic) bond motifs is 1. The fourth-order valence-electron chi connectivity index (χ4n) is 1.13. The van der Waals surface area contributed by atoms with E-state index in [0.717, 1.165) is 0 Å². The minimum Gasteiger partial charge on any atom is -0.231 e. The van der Waals surface area contributed by atoms with E-state index in [0.29, 0.717) is 11.3 Å². The third-order valence-electron chi connectivity index (χ3n) is 1.81. The summed E-state index contributed by atoms with van der Waals surface area (Å²) in [5.41, 5.74) is 1.05. The number of aryl methyl sites for hydroxylation is 1. The molecule has 0 aromatic carbocycles. The fourth-order valence-corrected chi connectivity index (χ4v) is 1.95. The first kappa shape index (κ1) is 10.7. The van der Waals surface area contributed by atoms with Crippen LogP contribution in [0.5, 0.6) is 0 Å². The molecule has 0 spiro atoms. The fraction of sp³-hybridized carbons (Fsp3) is 0.143. The third kappa shape index (κ3) is 1.80. The van der Waals surface area contributed by atoms with E-state index < -0.39 is 9.05 Å². The molecular weight excluding hydrogens is 261 g/mol. The Hall–Kier alpha value is -0.850. The molecule has 2 aromatic rings. The molecule has 0 N–H and O–H groups in total. The Morgan fingerprint density at radius 3 is 2.67 bits per heavy atom. The molecule has 0 aliphatic carbocycles. The van der Waals surface area contributed by atoms with Crippen molar-refractivity contribution in [2.45, 2.75) is 11.9 Å². The zero-order valence-corrected chi connectivity index (χ0v) is 9.81. The van der Waals surface area contributed by atoms with Crippen LogP contribution in [0.2, 0.25) is 5.15 Å². The summed E-state index contributed by atoms with van der Waals surface area (Å²) in [6.07, 6.45) is 0. The smallest absolute Gasteiger partial charge is 0.231 e. The number of hydrogen-bond acceptors (Lipinski definition) is 4. The van der Waals surface area contributed by atoms with Crippen LogP contribution >= 0.6 is 22.3 Å². The molecule has 0 radical (unpaired) electrons. The lowest BCUT2D eigenvalue weighted by atomic mass is 10.6. The van der Waals surface area contributed by atoms with Gasteiger partial charge in [-0.3, -0.25) is 0 Å². The zero-order chi connectivity index (χ0) is 11.2. The van der Waals surface area contributed by atoms with Gasteiger partial charge in [0.15, 0.2) is 15.8 Å². The standard InChI is InChI=1S/C7H5Cl2N3O2S/c1-4-7(8)12-5(10-4)2-3-6(11-12)15(9,13)14/h2-3H,1H3. The molecule has 0 fully saturated rings. The molecular formula is C7H5Cl2N3O2S. The Balaban J connectivity index is 2.81. The van der Waals surface area contributed by atoms with Crippen molar-refractivity contribution in [2.24, 2.45) is 0 Å². The summed E-state index contributed by atoms with van der Waals surface area (Å²) in [5.74, 6) is 0. The summed E-state index contributed by atoms with van der Waals surface area (Å²) in [6.45, 7) is 1.70. The van der Waals surface area contributed by atoms with Crippen LogP contribution in [0.3, 0.4) is 0 Å². The number of nitrogens with zero attached hydrogens (tertiary/aromatic N) is 3. The Morgan fingerprint density at radius 1 is 1.40 bits per heavy atom. The minimum absolute atomic E-state index is 0.254. The van der Waals surface area contributed by atoms with Crippen LogP contribution in [0.1, 0.15) is 5.69 Å². The van der Waals surface area contributed by atoms with Crippen molar-refractivity contribution in [3.8, 4) is 0 Å². The average Bonchev–Trinajstić information content (AvgIpc) is 2.41. The number of aromatic nitrogens is 3. The van der Waals surface area contributed by atoms with E-state index in [-0.39, 0.29) is 10.2 Å². The van der Waals surface area contributed by atoms with Crippen molar-refractivity contribution >= 4 is 37.0 Å². The third-order valence-corrected chi connectivity index (χ3v) is 3.43. The molecule has 0 amide bonds. The highest BCUT2D eigenvalue weighted by Crippen LogP contribution is 2.18. The summed E-state index contributed by atoms with van der Waals surface area (Å²) < 4.78 is 23.3. The van der Waals surface area contributed by atoms with Crippen LogP contribution in [0.15, 0.2) is 17.2 Å². The van der Waals surface area contributed by atoms with E-state index in [9.17, 15) is 8.42 Å². The molecule has 0 unspecified atom stereocenters. The maximum atomic E-state index is 11.0. The van der Waals surface area contributed by atoms with Crippen molar-refractivity contribution < 1.29 is 8.42 Å². The van der Waals surface area contributed by atoms with Crippen LogP contribution in [0.25, 0.3) is 5.65 Å². The highest BCUT2D eigenvalue weighted by molar-refractivity contribution is 8.13. The second kappa shape index (κ2) is 3.33. The summed E-state index contributed by atoms with van der Waals surface area (Å²) in [5, 5.41) is 3.79. The minimum atomic E-state index is -3.85. The van der Waals surface area contributed by atoms with Gasteiger partial charge in [-0.2, -0.15) is 5.10 Å². The van der Waals surface area contributed by atoms with Gasteiger partial charge in [-0.25, -0.2) is 17.9 Å². The molecule has 2 heterocycles. The topological polar surface area (TPSA) is 64.3 Å². The van der Waals surface area contributed by atoms with Crippen LogP contribution in [0, 0.1) is 6.92 Å². The van der Waals surface area contributed by atoms with Gasteiger partial charge in [0.25, 0.3) is 9.05 Å². The number of halogens is 2. The highest BCUT2D eigenvalue weighted by Gasteiger charge is 2.15. The summed E-state index contributed by atoms with van der Waals surface area (Å²) in [6, 6.07) is 2.77. The Morgan fingerprint density at radius 2 is 2.07 bits per heavy atom. The van der Waals surface area contributed by atoms with Gasteiger partial charge in [0.1, 0.15) is 0 Å². The first-order valence-corrected chi connectivity index (χ1v) is 6.55. The maximum absolute atomic E-state index is 11.0. The molecule has 2 rings (SSSR count). The van der Waals surface area contributed by atoms with E-state index >= 15 is 0 Å². The molecule has 80 valence electrons. The first-order chi connectivity index (χ1) is 6.89. The first-order valence-electron chi connectivity index (χ1n) is 3.86.